The number of aryl methyl sites for hydroxylation is 1. The second kappa shape index (κ2) is 11.2. The number of carbonyl (C=O) groups is 1. The molecule has 0 bridgehead atoms. The zero-order chi connectivity index (χ0) is 23.1. The van der Waals surface area contributed by atoms with Crippen LogP contribution in [0.25, 0.3) is 0 Å². The molecule has 1 atom stereocenters. The summed E-state index contributed by atoms with van der Waals surface area (Å²) in [5.41, 5.74) is 1.69. The molecule has 0 radical (unpaired) electrons. The molecule has 8 heteroatoms. The third-order valence-corrected chi connectivity index (χ3v) is 8.00. The van der Waals surface area contributed by atoms with Crippen molar-refractivity contribution in [3.8, 4) is 5.75 Å². The normalized spacial score (nSPS) is 15.8. The van der Waals surface area contributed by atoms with Gasteiger partial charge in [-0.2, -0.15) is 0 Å². The molecule has 1 aliphatic carbocycles. The Kier molecular flexibility index (Phi) is 8.62. The van der Waals surface area contributed by atoms with Gasteiger partial charge in [0.15, 0.2) is 6.61 Å². The van der Waals surface area contributed by atoms with Gasteiger partial charge in [-0.05, 0) is 74.4 Å². The van der Waals surface area contributed by atoms with Crippen LogP contribution in [0.5, 0.6) is 5.75 Å². The van der Waals surface area contributed by atoms with Gasteiger partial charge < -0.3 is 10.1 Å². The molecule has 3 rings (SSSR count). The number of nitrogens with one attached hydrogen (secondary N) is 2. The number of carbonyl (C=O) groups excluding carboxylic acids is 1. The number of thioether (sulfide) groups is 1. The monoisotopic (exact) mass is 476 g/mol. The van der Waals surface area contributed by atoms with Gasteiger partial charge in [0.05, 0.1) is 10.9 Å². The van der Waals surface area contributed by atoms with Gasteiger partial charge in [-0.25, -0.2) is 13.1 Å². The number of sulfonamides is 1. The summed E-state index contributed by atoms with van der Waals surface area (Å²) in [4.78, 5) is 13.7. The van der Waals surface area contributed by atoms with E-state index in [0.29, 0.717) is 11.3 Å². The Balaban J connectivity index is 1.55. The highest BCUT2D eigenvalue weighted by atomic mass is 32.2. The van der Waals surface area contributed by atoms with E-state index in [4.69, 9.17) is 4.74 Å². The van der Waals surface area contributed by atoms with Gasteiger partial charge in [0.25, 0.3) is 5.91 Å². The van der Waals surface area contributed by atoms with Gasteiger partial charge >= 0.3 is 0 Å². The molecule has 1 aliphatic rings. The summed E-state index contributed by atoms with van der Waals surface area (Å²) in [7, 11) is -3.57. The maximum absolute atomic E-state index is 12.7. The molecule has 2 N–H and O–H groups in total. The zero-order valence-corrected chi connectivity index (χ0v) is 20.5. The molecule has 0 aliphatic heterocycles. The van der Waals surface area contributed by atoms with E-state index >= 15 is 0 Å². The van der Waals surface area contributed by atoms with E-state index < -0.39 is 10.0 Å². The van der Waals surface area contributed by atoms with Gasteiger partial charge in [-0.1, -0.05) is 31.4 Å². The number of rotatable bonds is 9. The quantitative estimate of drug-likeness (QED) is 0.518. The summed E-state index contributed by atoms with van der Waals surface area (Å²) < 4.78 is 33.9. The maximum Gasteiger partial charge on any atom is 0.258 e. The fourth-order valence-electron chi connectivity index (χ4n) is 3.86. The lowest BCUT2D eigenvalue weighted by atomic mass is 9.96. The Morgan fingerprint density at radius 1 is 1.12 bits per heavy atom. The zero-order valence-electron chi connectivity index (χ0n) is 18.9. The van der Waals surface area contributed by atoms with E-state index in [-0.39, 0.29) is 29.5 Å². The highest BCUT2D eigenvalue weighted by Gasteiger charge is 2.22. The van der Waals surface area contributed by atoms with Crippen molar-refractivity contribution in [3.63, 3.8) is 0 Å². The van der Waals surface area contributed by atoms with Crippen molar-refractivity contribution < 1.29 is 17.9 Å². The second-order valence-electron chi connectivity index (χ2n) is 8.23. The van der Waals surface area contributed by atoms with E-state index in [0.717, 1.165) is 31.2 Å². The van der Waals surface area contributed by atoms with Crippen LogP contribution in [0.3, 0.4) is 0 Å². The first-order valence-corrected chi connectivity index (χ1v) is 13.7. The molecule has 0 heterocycles. The lowest BCUT2D eigenvalue weighted by Gasteiger charge is -2.22. The summed E-state index contributed by atoms with van der Waals surface area (Å²) in [6.07, 6.45) is 7.07. The van der Waals surface area contributed by atoms with Gasteiger partial charge in [0, 0.05) is 10.9 Å². The van der Waals surface area contributed by atoms with Crippen molar-refractivity contribution in [2.45, 2.75) is 67.8 Å². The Bertz CT molecular complexity index is 1020. The van der Waals surface area contributed by atoms with Crippen molar-refractivity contribution in [3.05, 3.63) is 53.6 Å². The molecule has 1 amide bonds. The third-order valence-electron chi connectivity index (χ3n) is 5.74. The van der Waals surface area contributed by atoms with Gasteiger partial charge in [0.2, 0.25) is 10.0 Å². The highest BCUT2D eigenvalue weighted by molar-refractivity contribution is 7.98. The highest BCUT2D eigenvalue weighted by Crippen LogP contribution is 2.24. The van der Waals surface area contributed by atoms with E-state index in [9.17, 15) is 13.2 Å². The van der Waals surface area contributed by atoms with Crippen molar-refractivity contribution in [2.75, 3.05) is 12.9 Å². The molecule has 6 nitrogen and oxygen atoms in total. The van der Waals surface area contributed by atoms with Crippen LogP contribution in [0, 0.1) is 6.92 Å². The Labute approximate surface area is 195 Å². The Morgan fingerprint density at radius 2 is 1.81 bits per heavy atom. The van der Waals surface area contributed by atoms with E-state index in [1.165, 1.54) is 17.4 Å². The lowest BCUT2D eigenvalue weighted by molar-refractivity contribution is -0.123. The number of hydrogen-bond acceptors (Lipinski definition) is 5. The third kappa shape index (κ3) is 6.73. The average Bonchev–Trinajstić information content (AvgIpc) is 2.78. The Morgan fingerprint density at radius 3 is 2.44 bits per heavy atom. The van der Waals surface area contributed by atoms with Gasteiger partial charge in [-0.3, -0.25) is 4.79 Å². The fraction of sp³-hybridized carbons (Fsp3) is 0.458. The summed E-state index contributed by atoms with van der Waals surface area (Å²) >= 11 is 1.67. The standard InChI is InChI=1S/C24H32N2O4S2/c1-17-15-22(32(28,29)26-20-7-5-4-6-8-20)13-14-23(17)30-16-24(27)25-18(2)19-9-11-21(31-3)12-10-19/h9-15,18,20,26H,4-8,16H2,1-3H3,(H,25,27). The van der Waals surface area contributed by atoms with Crippen LogP contribution in [0.1, 0.15) is 56.2 Å². The summed E-state index contributed by atoms with van der Waals surface area (Å²) in [5, 5.41) is 2.93. The van der Waals surface area contributed by atoms with Crippen LogP contribution in [0.4, 0.5) is 0 Å². The number of benzene rings is 2. The van der Waals surface area contributed by atoms with Crippen LogP contribution in [-0.4, -0.2) is 33.2 Å². The van der Waals surface area contributed by atoms with Crippen LogP contribution in [0.2, 0.25) is 0 Å². The molecule has 1 fully saturated rings. The second-order valence-corrected chi connectivity index (χ2v) is 10.8. The average molecular weight is 477 g/mol. The minimum atomic E-state index is -3.57. The molecule has 174 valence electrons. The lowest BCUT2D eigenvalue weighted by Crippen LogP contribution is -2.36. The molecule has 0 spiro atoms. The molecule has 2 aromatic carbocycles. The first-order chi connectivity index (χ1) is 15.3. The smallest absolute Gasteiger partial charge is 0.258 e. The first-order valence-electron chi connectivity index (χ1n) is 11.0. The fourth-order valence-corrected chi connectivity index (χ4v) is 5.66. The van der Waals surface area contributed by atoms with E-state index in [1.54, 1.807) is 30.8 Å². The minimum absolute atomic E-state index is 0.00704. The molecule has 2 aromatic rings. The Hall–Kier alpha value is -2.03. The first kappa shape index (κ1) is 24.6. The van der Waals surface area contributed by atoms with Gasteiger partial charge in [0.1, 0.15) is 5.75 Å². The van der Waals surface area contributed by atoms with Crippen molar-refractivity contribution >= 4 is 27.7 Å². The van der Waals surface area contributed by atoms with Gasteiger partial charge in [-0.15, -0.1) is 11.8 Å². The predicted molar refractivity (Wildman–Crippen MR) is 129 cm³/mol. The largest absolute Gasteiger partial charge is 0.484 e. The summed E-state index contributed by atoms with van der Waals surface area (Å²) in [6.45, 7) is 3.57. The molecule has 0 aromatic heterocycles. The van der Waals surface area contributed by atoms with Crippen LogP contribution < -0.4 is 14.8 Å². The van der Waals surface area contributed by atoms with Crippen LogP contribution >= 0.6 is 11.8 Å². The molecule has 1 saturated carbocycles. The van der Waals surface area contributed by atoms with Crippen molar-refractivity contribution in [2.24, 2.45) is 0 Å². The molecular weight excluding hydrogens is 444 g/mol. The minimum Gasteiger partial charge on any atom is -0.484 e. The summed E-state index contributed by atoms with van der Waals surface area (Å²) in [6, 6.07) is 12.7. The predicted octanol–water partition coefficient (Wildman–Crippen LogP) is 4.58. The molecule has 32 heavy (non-hydrogen) atoms. The van der Waals surface area contributed by atoms with Crippen LogP contribution in [-0.2, 0) is 14.8 Å². The van der Waals surface area contributed by atoms with Crippen molar-refractivity contribution in [1.82, 2.24) is 10.0 Å². The molecular formula is C24H32N2O4S2. The summed E-state index contributed by atoms with van der Waals surface area (Å²) in [5.74, 6) is 0.259. The molecule has 0 saturated heterocycles. The number of amides is 1. The van der Waals surface area contributed by atoms with E-state index in [2.05, 4.69) is 10.0 Å². The van der Waals surface area contributed by atoms with Crippen molar-refractivity contribution in [1.29, 1.82) is 0 Å². The molecule has 1 unspecified atom stereocenters. The SMILES string of the molecule is CSc1ccc(C(C)NC(=O)COc2ccc(S(=O)(=O)NC3CCCCC3)cc2C)cc1. The number of hydrogen-bond donors (Lipinski definition) is 2. The van der Waals surface area contributed by atoms with E-state index in [1.807, 2.05) is 37.4 Å². The topological polar surface area (TPSA) is 84.5 Å². The maximum atomic E-state index is 12.7. The van der Waals surface area contributed by atoms with Crippen LogP contribution in [0.15, 0.2) is 52.3 Å². The number of ether oxygens (including phenoxy) is 1.